The van der Waals surface area contributed by atoms with Gasteiger partial charge in [0.15, 0.2) is 5.69 Å². The smallest absolute Gasteiger partial charge is 0.296 e. The summed E-state index contributed by atoms with van der Waals surface area (Å²) in [6, 6.07) is 4.08. The van der Waals surface area contributed by atoms with Crippen LogP contribution in [0.1, 0.15) is 55.0 Å². The minimum atomic E-state index is -0.688. The Morgan fingerprint density at radius 1 is 1.32 bits per heavy atom. The van der Waals surface area contributed by atoms with Gasteiger partial charge in [0.2, 0.25) is 5.75 Å². The minimum absolute atomic E-state index is 0.0111. The third-order valence-corrected chi connectivity index (χ3v) is 5.55. The fourth-order valence-electron chi connectivity index (χ4n) is 3.87. The quantitative estimate of drug-likeness (QED) is 0.660. The number of halogens is 1. The van der Waals surface area contributed by atoms with E-state index in [2.05, 4.69) is 20.4 Å². The molecular formula is C21H23FN6O3. The van der Waals surface area contributed by atoms with Crippen LogP contribution in [-0.2, 0) is 18.5 Å². The molecule has 0 fully saturated rings. The van der Waals surface area contributed by atoms with Crippen LogP contribution in [-0.4, -0.2) is 35.3 Å². The first kappa shape index (κ1) is 20.7. The molecule has 31 heavy (non-hydrogen) atoms. The first-order valence-corrected chi connectivity index (χ1v) is 10.0. The highest BCUT2D eigenvalue weighted by Gasteiger charge is 2.32. The third kappa shape index (κ3) is 3.92. The first-order chi connectivity index (χ1) is 14.8. The monoisotopic (exact) mass is 426 g/mol. The van der Waals surface area contributed by atoms with Crippen molar-refractivity contribution in [3.05, 3.63) is 64.1 Å². The first-order valence-electron chi connectivity index (χ1n) is 10.0. The van der Waals surface area contributed by atoms with Crippen molar-refractivity contribution >= 4 is 5.91 Å². The molecule has 0 atom stereocenters. The summed E-state index contributed by atoms with van der Waals surface area (Å²) in [5, 5.41) is 17.1. The van der Waals surface area contributed by atoms with E-state index >= 15 is 0 Å². The SMILES string of the molecule is CC1(C)CCCCn2c1nc(C(=O)NCc1ccc(F)cc1-n1cncn1)c(O)c2=O. The topological polar surface area (TPSA) is 115 Å². The number of benzene rings is 1. The van der Waals surface area contributed by atoms with Crippen LogP contribution in [0.5, 0.6) is 5.75 Å². The summed E-state index contributed by atoms with van der Waals surface area (Å²) < 4.78 is 16.6. The third-order valence-electron chi connectivity index (χ3n) is 5.55. The van der Waals surface area contributed by atoms with Crippen LogP contribution in [0.4, 0.5) is 4.39 Å². The van der Waals surface area contributed by atoms with Gasteiger partial charge in [0.05, 0.1) is 5.69 Å². The number of rotatable bonds is 4. The number of carbonyl (C=O) groups excluding carboxylic acids is 1. The van der Waals surface area contributed by atoms with E-state index in [4.69, 9.17) is 0 Å². The fourth-order valence-corrected chi connectivity index (χ4v) is 3.87. The van der Waals surface area contributed by atoms with Crippen LogP contribution in [0.15, 0.2) is 35.6 Å². The molecule has 1 aliphatic rings. The molecule has 9 nitrogen and oxygen atoms in total. The van der Waals surface area contributed by atoms with Crippen molar-refractivity contribution in [3.63, 3.8) is 0 Å². The number of fused-ring (bicyclic) bond motifs is 1. The second kappa shape index (κ2) is 7.93. The standard InChI is InChI=1S/C21H23FN6O3/c1-21(2)7-3-4-8-27-19(31)17(29)16(26-20(21)27)18(30)24-10-13-5-6-14(22)9-15(13)28-12-23-11-25-28/h5-6,9,11-12,29H,3-4,7-8,10H2,1-2H3,(H,24,30). The van der Waals surface area contributed by atoms with Crippen molar-refractivity contribution in [3.8, 4) is 11.4 Å². The Kier molecular flexibility index (Phi) is 5.30. The molecule has 0 radical (unpaired) electrons. The van der Waals surface area contributed by atoms with E-state index in [1.807, 2.05) is 13.8 Å². The van der Waals surface area contributed by atoms with Crippen molar-refractivity contribution in [2.75, 3.05) is 0 Å². The van der Waals surface area contributed by atoms with Gasteiger partial charge in [0.25, 0.3) is 11.5 Å². The number of aromatic hydroxyl groups is 1. The molecule has 0 unspecified atom stereocenters. The summed E-state index contributed by atoms with van der Waals surface area (Å²) in [4.78, 5) is 33.8. The van der Waals surface area contributed by atoms with Crippen LogP contribution in [0.2, 0.25) is 0 Å². The molecule has 0 aliphatic carbocycles. The van der Waals surface area contributed by atoms with Gasteiger partial charge in [-0.25, -0.2) is 19.0 Å². The van der Waals surface area contributed by atoms with E-state index < -0.39 is 28.4 Å². The molecule has 0 saturated heterocycles. The molecule has 10 heteroatoms. The lowest BCUT2D eigenvalue weighted by atomic mass is 9.87. The molecule has 0 saturated carbocycles. The van der Waals surface area contributed by atoms with Crippen LogP contribution in [0, 0.1) is 5.82 Å². The maximum Gasteiger partial charge on any atom is 0.296 e. The predicted molar refractivity (Wildman–Crippen MR) is 110 cm³/mol. The van der Waals surface area contributed by atoms with Gasteiger partial charge < -0.3 is 10.4 Å². The van der Waals surface area contributed by atoms with E-state index in [-0.39, 0.29) is 12.2 Å². The van der Waals surface area contributed by atoms with Gasteiger partial charge in [0.1, 0.15) is 24.3 Å². The number of nitrogens with one attached hydrogen (secondary N) is 1. The summed E-state index contributed by atoms with van der Waals surface area (Å²) in [6.07, 6.45) is 5.29. The summed E-state index contributed by atoms with van der Waals surface area (Å²) in [5.41, 5.74) is -0.342. The highest BCUT2D eigenvalue weighted by atomic mass is 19.1. The maximum atomic E-state index is 13.7. The number of aromatic nitrogens is 5. The van der Waals surface area contributed by atoms with Crippen LogP contribution in [0.3, 0.4) is 0 Å². The second-order valence-corrected chi connectivity index (χ2v) is 8.23. The molecule has 2 aromatic heterocycles. The second-order valence-electron chi connectivity index (χ2n) is 8.23. The molecule has 3 aromatic rings. The zero-order chi connectivity index (χ0) is 22.2. The molecule has 1 aromatic carbocycles. The zero-order valence-corrected chi connectivity index (χ0v) is 17.3. The number of nitrogens with zero attached hydrogens (tertiary/aromatic N) is 5. The van der Waals surface area contributed by atoms with E-state index in [0.29, 0.717) is 23.6 Å². The maximum absolute atomic E-state index is 13.7. The van der Waals surface area contributed by atoms with Crippen molar-refractivity contribution in [2.24, 2.45) is 0 Å². The Bertz CT molecular complexity index is 1190. The molecule has 162 valence electrons. The van der Waals surface area contributed by atoms with Crippen molar-refractivity contribution in [1.82, 2.24) is 29.6 Å². The molecule has 1 aliphatic heterocycles. The molecule has 4 rings (SSSR count). The summed E-state index contributed by atoms with van der Waals surface area (Å²) >= 11 is 0. The molecule has 3 heterocycles. The number of hydrogen-bond donors (Lipinski definition) is 2. The summed E-state index contributed by atoms with van der Waals surface area (Å²) in [5.74, 6) is -1.33. The van der Waals surface area contributed by atoms with Gasteiger partial charge >= 0.3 is 0 Å². The summed E-state index contributed by atoms with van der Waals surface area (Å²) in [7, 11) is 0. The average molecular weight is 426 g/mol. The normalized spacial score (nSPS) is 15.2. The van der Waals surface area contributed by atoms with Gasteiger partial charge in [-0.15, -0.1) is 0 Å². The fraction of sp³-hybridized carbons (Fsp3) is 0.381. The molecule has 1 amide bonds. The largest absolute Gasteiger partial charge is 0.501 e. The number of carbonyl (C=O) groups is 1. The minimum Gasteiger partial charge on any atom is -0.501 e. The van der Waals surface area contributed by atoms with Gasteiger partial charge in [0, 0.05) is 18.5 Å². The van der Waals surface area contributed by atoms with E-state index in [9.17, 15) is 19.1 Å². The van der Waals surface area contributed by atoms with Gasteiger partial charge in [-0.2, -0.15) is 5.10 Å². The highest BCUT2D eigenvalue weighted by Crippen LogP contribution is 2.31. The van der Waals surface area contributed by atoms with Crippen LogP contribution < -0.4 is 10.9 Å². The molecule has 0 bridgehead atoms. The Labute approximate surface area is 177 Å². The number of hydrogen-bond acceptors (Lipinski definition) is 6. The lowest BCUT2D eigenvalue weighted by molar-refractivity contribution is 0.0941. The number of amides is 1. The van der Waals surface area contributed by atoms with E-state index in [0.717, 1.165) is 19.3 Å². The van der Waals surface area contributed by atoms with Crippen LogP contribution in [0.25, 0.3) is 5.69 Å². The van der Waals surface area contributed by atoms with Gasteiger partial charge in [-0.3, -0.25) is 14.2 Å². The predicted octanol–water partition coefficient (Wildman–Crippen LogP) is 2.06. The van der Waals surface area contributed by atoms with Gasteiger partial charge in [-0.05, 0) is 30.5 Å². The van der Waals surface area contributed by atoms with Crippen molar-refractivity contribution in [2.45, 2.75) is 51.6 Å². The molecule has 2 N–H and O–H groups in total. The molecular weight excluding hydrogens is 403 g/mol. The summed E-state index contributed by atoms with van der Waals surface area (Å²) in [6.45, 7) is 4.41. The van der Waals surface area contributed by atoms with E-state index in [1.54, 1.807) is 0 Å². The Hall–Kier alpha value is -3.56. The van der Waals surface area contributed by atoms with Crippen LogP contribution >= 0.6 is 0 Å². The van der Waals surface area contributed by atoms with E-state index in [1.165, 1.54) is 40.1 Å². The Balaban J connectivity index is 1.65. The van der Waals surface area contributed by atoms with Crippen molar-refractivity contribution in [1.29, 1.82) is 0 Å². The lowest BCUT2D eigenvalue weighted by Crippen LogP contribution is -2.35. The highest BCUT2D eigenvalue weighted by molar-refractivity contribution is 5.94. The average Bonchev–Trinajstić information content (AvgIpc) is 3.22. The van der Waals surface area contributed by atoms with Gasteiger partial charge in [-0.1, -0.05) is 26.3 Å². The van der Waals surface area contributed by atoms with Crippen molar-refractivity contribution < 1.29 is 14.3 Å². The Morgan fingerprint density at radius 2 is 2.13 bits per heavy atom. The molecule has 0 spiro atoms. The lowest BCUT2D eigenvalue weighted by Gasteiger charge is -2.25. The zero-order valence-electron chi connectivity index (χ0n) is 17.3. The Morgan fingerprint density at radius 3 is 2.87 bits per heavy atom.